The molecule has 0 amide bonds. The van der Waals surface area contributed by atoms with Gasteiger partial charge in [0.05, 0.1) is 4.70 Å². The normalized spacial score (nSPS) is 11.6. The van der Waals surface area contributed by atoms with Crippen molar-refractivity contribution in [1.29, 1.82) is 0 Å². The van der Waals surface area contributed by atoms with Gasteiger partial charge < -0.3 is 0 Å². The molecule has 0 aliphatic rings. The monoisotopic (exact) mass is 592 g/mol. The van der Waals surface area contributed by atoms with Crippen LogP contribution in [0.4, 0.5) is 0 Å². The van der Waals surface area contributed by atoms with Gasteiger partial charge >= 0.3 is 0 Å². The fourth-order valence-corrected chi connectivity index (χ4v) is 7.55. The molecule has 210 valence electrons. The lowest BCUT2D eigenvalue weighted by Crippen LogP contribution is -2.00. The Morgan fingerprint density at radius 3 is 1.56 bits per heavy atom. The number of hydrogen-bond donors (Lipinski definition) is 0. The number of nitrogens with zero attached hydrogens (tertiary/aromatic N) is 4. The maximum Gasteiger partial charge on any atom is 0.164 e. The summed E-state index contributed by atoms with van der Waals surface area (Å²) >= 11 is 1.81. The highest BCUT2D eigenvalue weighted by molar-refractivity contribution is 7.26. The molecule has 0 fully saturated rings. The van der Waals surface area contributed by atoms with Crippen molar-refractivity contribution in [3.05, 3.63) is 146 Å². The summed E-state index contributed by atoms with van der Waals surface area (Å²) in [6, 6.07) is 46.5. The molecule has 0 aliphatic carbocycles. The highest BCUT2D eigenvalue weighted by Crippen LogP contribution is 2.42. The molecule has 0 atom stereocenters. The molecule has 0 spiro atoms. The molecule has 6 aromatic carbocycles. The minimum Gasteiger partial charge on any atom is -0.263 e. The highest BCUT2D eigenvalue weighted by atomic mass is 32.1. The van der Waals surface area contributed by atoms with Crippen LogP contribution < -0.4 is 0 Å². The van der Waals surface area contributed by atoms with E-state index in [9.17, 15) is 0 Å². The SMILES string of the molecule is c1ccc(-c2nc(-c3ccccc3)nc(-c3cccc4c(-c5cccc6c5ccc5c7ccncc7sc65)cccc34)n2)cc1. The standard InChI is InChI=1S/C40H24N4S/c1-3-10-25(11-4-1)38-42-39(26-12-5-2-6-13-26)44-40(43-38)35-19-9-16-28-27(14-7-17-30(28)35)29-15-8-18-33-31(29)20-21-34-32-22-23-41-24-36(32)45-37(33)34/h1-24H. The van der Waals surface area contributed by atoms with Crippen LogP contribution in [0.1, 0.15) is 0 Å². The summed E-state index contributed by atoms with van der Waals surface area (Å²) in [7, 11) is 0. The lowest BCUT2D eigenvalue weighted by atomic mass is 9.92. The molecular formula is C40H24N4S. The Hall–Kier alpha value is -5.78. The van der Waals surface area contributed by atoms with Crippen molar-refractivity contribution in [2.45, 2.75) is 0 Å². The van der Waals surface area contributed by atoms with Crippen LogP contribution in [0.3, 0.4) is 0 Å². The molecule has 0 aliphatic heterocycles. The van der Waals surface area contributed by atoms with Crippen LogP contribution in [-0.2, 0) is 0 Å². The van der Waals surface area contributed by atoms with Crippen molar-refractivity contribution in [2.24, 2.45) is 0 Å². The van der Waals surface area contributed by atoms with Gasteiger partial charge in [-0.15, -0.1) is 11.3 Å². The van der Waals surface area contributed by atoms with Gasteiger partial charge in [-0.25, -0.2) is 15.0 Å². The average molecular weight is 593 g/mol. The van der Waals surface area contributed by atoms with Crippen molar-refractivity contribution in [3.8, 4) is 45.3 Å². The molecular weight excluding hydrogens is 569 g/mol. The van der Waals surface area contributed by atoms with E-state index < -0.39 is 0 Å². The van der Waals surface area contributed by atoms with E-state index in [1.165, 1.54) is 42.1 Å². The third-order valence-electron chi connectivity index (χ3n) is 8.45. The molecule has 9 aromatic rings. The van der Waals surface area contributed by atoms with E-state index >= 15 is 0 Å². The quantitative estimate of drug-likeness (QED) is 0.204. The molecule has 5 heteroatoms. The van der Waals surface area contributed by atoms with Gasteiger partial charge in [0, 0.05) is 49.9 Å². The van der Waals surface area contributed by atoms with Gasteiger partial charge in [-0.05, 0) is 33.4 Å². The third kappa shape index (κ3) is 4.28. The van der Waals surface area contributed by atoms with Crippen molar-refractivity contribution >= 4 is 53.1 Å². The van der Waals surface area contributed by atoms with Gasteiger partial charge in [0.25, 0.3) is 0 Å². The van der Waals surface area contributed by atoms with E-state index in [1.807, 2.05) is 84.4 Å². The molecule has 3 aromatic heterocycles. The predicted molar refractivity (Wildman–Crippen MR) is 187 cm³/mol. The minimum absolute atomic E-state index is 0.656. The lowest BCUT2D eigenvalue weighted by Gasteiger charge is -2.14. The van der Waals surface area contributed by atoms with Crippen LogP contribution >= 0.6 is 11.3 Å². The van der Waals surface area contributed by atoms with E-state index in [1.54, 1.807) is 0 Å². The van der Waals surface area contributed by atoms with Crippen molar-refractivity contribution in [2.75, 3.05) is 0 Å². The number of pyridine rings is 1. The summed E-state index contributed by atoms with van der Waals surface area (Å²) in [5, 5.41) is 7.29. The van der Waals surface area contributed by atoms with Gasteiger partial charge in [0.1, 0.15) is 0 Å². The van der Waals surface area contributed by atoms with E-state index in [0.29, 0.717) is 17.5 Å². The largest absolute Gasteiger partial charge is 0.263 e. The molecule has 0 bridgehead atoms. The van der Waals surface area contributed by atoms with Crippen LogP contribution in [-0.4, -0.2) is 19.9 Å². The zero-order chi connectivity index (χ0) is 29.7. The van der Waals surface area contributed by atoms with Crippen molar-refractivity contribution < 1.29 is 0 Å². The third-order valence-corrected chi connectivity index (χ3v) is 9.64. The summed E-state index contributed by atoms with van der Waals surface area (Å²) in [6.07, 6.45) is 3.84. The highest BCUT2D eigenvalue weighted by Gasteiger charge is 2.17. The lowest BCUT2D eigenvalue weighted by molar-refractivity contribution is 1.08. The Kier molecular flexibility index (Phi) is 5.96. The first kappa shape index (κ1) is 25.7. The van der Waals surface area contributed by atoms with Crippen LogP contribution in [0.5, 0.6) is 0 Å². The number of thiophene rings is 1. The number of rotatable bonds is 4. The number of fused-ring (bicyclic) bond motifs is 6. The maximum atomic E-state index is 5.03. The second-order valence-corrected chi connectivity index (χ2v) is 12.1. The first-order chi connectivity index (χ1) is 22.3. The Morgan fingerprint density at radius 1 is 0.378 bits per heavy atom. The fourth-order valence-electron chi connectivity index (χ4n) is 6.35. The molecule has 0 radical (unpaired) electrons. The Morgan fingerprint density at radius 2 is 0.889 bits per heavy atom. The van der Waals surface area contributed by atoms with E-state index in [2.05, 4.69) is 77.8 Å². The minimum atomic E-state index is 0.656. The molecule has 0 N–H and O–H groups in total. The van der Waals surface area contributed by atoms with Crippen LogP contribution in [0.2, 0.25) is 0 Å². The van der Waals surface area contributed by atoms with Gasteiger partial charge in [-0.3, -0.25) is 4.98 Å². The van der Waals surface area contributed by atoms with Crippen LogP contribution in [0, 0.1) is 0 Å². The maximum absolute atomic E-state index is 5.03. The predicted octanol–water partition coefficient (Wildman–Crippen LogP) is 10.6. The summed E-state index contributed by atoms with van der Waals surface area (Å²) in [5.41, 5.74) is 5.28. The molecule has 9 rings (SSSR count). The summed E-state index contributed by atoms with van der Waals surface area (Å²) in [4.78, 5) is 19.3. The second-order valence-electron chi connectivity index (χ2n) is 11.1. The van der Waals surface area contributed by atoms with E-state index in [-0.39, 0.29) is 0 Å². The number of aromatic nitrogens is 4. The van der Waals surface area contributed by atoms with Gasteiger partial charge in [0.15, 0.2) is 17.5 Å². The average Bonchev–Trinajstić information content (AvgIpc) is 3.51. The molecule has 3 heterocycles. The Bertz CT molecular complexity index is 2480. The topological polar surface area (TPSA) is 51.6 Å². The van der Waals surface area contributed by atoms with E-state index in [0.717, 1.165) is 27.5 Å². The summed E-state index contributed by atoms with van der Waals surface area (Å²) in [5.74, 6) is 1.97. The number of benzene rings is 6. The second kappa shape index (κ2) is 10.4. The molecule has 4 nitrogen and oxygen atoms in total. The van der Waals surface area contributed by atoms with Gasteiger partial charge in [-0.2, -0.15) is 0 Å². The molecule has 45 heavy (non-hydrogen) atoms. The van der Waals surface area contributed by atoms with Crippen LogP contribution in [0.15, 0.2) is 146 Å². The summed E-state index contributed by atoms with van der Waals surface area (Å²) in [6.45, 7) is 0. The number of hydrogen-bond acceptors (Lipinski definition) is 5. The van der Waals surface area contributed by atoms with Gasteiger partial charge in [-0.1, -0.05) is 127 Å². The molecule has 0 saturated carbocycles. The zero-order valence-electron chi connectivity index (χ0n) is 24.1. The first-order valence-electron chi connectivity index (χ1n) is 14.9. The fraction of sp³-hybridized carbons (Fsp3) is 0. The van der Waals surface area contributed by atoms with Gasteiger partial charge in [0.2, 0.25) is 0 Å². The molecule has 0 unspecified atom stereocenters. The first-order valence-corrected chi connectivity index (χ1v) is 15.7. The summed E-state index contributed by atoms with van der Waals surface area (Å²) < 4.78 is 2.51. The Balaban J connectivity index is 1.26. The van der Waals surface area contributed by atoms with Crippen molar-refractivity contribution in [1.82, 2.24) is 19.9 Å². The van der Waals surface area contributed by atoms with Crippen molar-refractivity contribution in [3.63, 3.8) is 0 Å². The van der Waals surface area contributed by atoms with E-state index in [4.69, 9.17) is 15.0 Å². The zero-order valence-corrected chi connectivity index (χ0v) is 24.9. The molecule has 0 saturated heterocycles. The Labute approximate surface area is 263 Å². The smallest absolute Gasteiger partial charge is 0.164 e. The van der Waals surface area contributed by atoms with Crippen LogP contribution in [0.25, 0.3) is 87.0 Å².